The Bertz CT molecular complexity index is 2430. The summed E-state index contributed by atoms with van der Waals surface area (Å²) >= 11 is 0. The van der Waals surface area contributed by atoms with E-state index in [-0.39, 0.29) is 11.1 Å². The molecule has 0 unspecified atom stereocenters. The van der Waals surface area contributed by atoms with Gasteiger partial charge >= 0.3 is 12.3 Å². The van der Waals surface area contributed by atoms with Gasteiger partial charge in [0.2, 0.25) is 0 Å². The van der Waals surface area contributed by atoms with Crippen molar-refractivity contribution < 1.29 is 53.0 Å². The first-order valence-electron chi connectivity index (χ1n) is 16.6. The van der Waals surface area contributed by atoms with Gasteiger partial charge in [-0.3, -0.25) is 0 Å². The third-order valence-electron chi connectivity index (χ3n) is 8.80. The molecule has 0 aliphatic rings. The van der Waals surface area contributed by atoms with Crippen LogP contribution in [-0.4, -0.2) is 6.18 Å². The van der Waals surface area contributed by atoms with Crippen LogP contribution in [0.5, 0.6) is 5.75 Å². The van der Waals surface area contributed by atoms with Crippen molar-refractivity contribution >= 4 is 21.5 Å². The minimum atomic E-state index is -5.09. The van der Waals surface area contributed by atoms with Gasteiger partial charge in [0.25, 0.3) is 0 Å². The van der Waals surface area contributed by atoms with Crippen molar-refractivity contribution in [3.05, 3.63) is 137 Å². The van der Waals surface area contributed by atoms with E-state index in [2.05, 4.69) is 11.7 Å². The molecule has 0 atom stereocenters. The van der Waals surface area contributed by atoms with E-state index in [0.29, 0.717) is 29.7 Å². The number of hydrogen-bond donors (Lipinski definition) is 0. The SMILES string of the molecule is CCCCCCc1ccc2cc(-c3cc(F)c(C(F)(F)Oc4ccc(-c5cc(F)c6c(F)c(C#CC(F)(F)F)c(F)cc6c5)c(F)c4)c(F)c3)ccc2c1. The Morgan fingerprint density at radius 3 is 1.93 bits per heavy atom. The second kappa shape index (κ2) is 15.0. The summed E-state index contributed by atoms with van der Waals surface area (Å²) in [4.78, 5) is 0. The molecule has 0 aliphatic carbocycles. The lowest BCUT2D eigenvalue weighted by Gasteiger charge is -2.20. The first-order valence-corrected chi connectivity index (χ1v) is 16.6. The maximum atomic E-state index is 15.3. The van der Waals surface area contributed by atoms with Crippen LogP contribution in [0.2, 0.25) is 0 Å². The lowest BCUT2D eigenvalue weighted by atomic mass is 9.97. The molecule has 0 amide bonds. The second-order valence-corrected chi connectivity index (χ2v) is 12.6. The van der Waals surface area contributed by atoms with E-state index in [4.69, 9.17) is 0 Å². The van der Waals surface area contributed by atoms with Gasteiger partial charge in [-0.2, -0.15) is 22.0 Å². The van der Waals surface area contributed by atoms with Crippen LogP contribution in [-0.2, 0) is 12.5 Å². The van der Waals surface area contributed by atoms with E-state index in [1.807, 2.05) is 18.2 Å². The number of ether oxygens (including phenoxy) is 1. The highest BCUT2D eigenvalue weighted by molar-refractivity contribution is 5.90. The van der Waals surface area contributed by atoms with Gasteiger partial charge < -0.3 is 4.74 Å². The summed E-state index contributed by atoms with van der Waals surface area (Å²) in [5.74, 6) is -8.13. The summed E-state index contributed by atoms with van der Waals surface area (Å²) in [5, 5.41) is 0.250. The van der Waals surface area contributed by atoms with Crippen molar-refractivity contribution in [2.24, 2.45) is 0 Å². The van der Waals surface area contributed by atoms with Crippen molar-refractivity contribution in [1.29, 1.82) is 0 Å². The highest BCUT2D eigenvalue weighted by Gasteiger charge is 2.41. The number of halogens is 11. The van der Waals surface area contributed by atoms with E-state index in [0.717, 1.165) is 78.8 Å². The number of benzene rings is 6. The zero-order valence-electron chi connectivity index (χ0n) is 28.2. The fourth-order valence-corrected chi connectivity index (χ4v) is 6.21. The molecule has 6 aromatic rings. The molecule has 6 aromatic carbocycles. The van der Waals surface area contributed by atoms with Crippen LogP contribution in [0.25, 0.3) is 43.8 Å². The molecule has 278 valence electrons. The molecule has 1 nitrogen and oxygen atoms in total. The first kappa shape index (κ1) is 38.2. The molecule has 12 heteroatoms. The van der Waals surface area contributed by atoms with Crippen LogP contribution >= 0.6 is 0 Å². The number of aryl methyl sites for hydroxylation is 1. The zero-order valence-corrected chi connectivity index (χ0v) is 28.2. The maximum Gasteiger partial charge on any atom is 0.458 e. The summed E-state index contributed by atoms with van der Waals surface area (Å²) in [6.45, 7) is 2.13. The number of fused-ring (bicyclic) bond motifs is 2. The van der Waals surface area contributed by atoms with Gasteiger partial charge in [0.15, 0.2) is 5.82 Å². The molecular formula is C42H27F11O. The average molecular weight is 757 g/mol. The molecule has 0 bridgehead atoms. The molecule has 0 heterocycles. The molecule has 0 aromatic heterocycles. The van der Waals surface area contributed by atoms with E-state index in [1.165, 1.54) is 5.92 Å². The second-order valence-electron chi connectivity index (χ2n) is 12.6. The monoisotopic (exact) mass is 756 g/mol. The Hall–Kier alpha value is -5.57. The van der Waals surface area contributed by atoms with Crippen LogP contribution in [0.1, 0.15) is 49.3 Å². The summed E-state index contributed by atoms with van der Waals surface area (Å²) < 4.78 is 162. The van der Waals surface area contributed by atoms with Gasteiger partial charge in [0, 0.05) is 17.6 Å². The van der Waals surface area contributed by atoms with Crippen LogP contribution in [0.3, 0.4) is 0 Å². The standard InChI is InChI=1S/C42H27F11O/c1-2-3-4-5-6-23-7-8-25-16-26(10-9-24(25)15-23)27-18-36(46)39(37(47)19-27)42(52,53)54-30-11-12-31(34(44)22-30)28-17-29-21-33(43)32(13-14-41(49,50)51)40(48)38(29)35(45)20-28/h7-12,15-22H,2-6H2,1H3. The van der Waals surface area contributed by atoms with Crippen molar-refractivity contribution in [3.8, 4) is 39.8 Å². The third kappa shape index (κ3) is 8.15. The molecule has 0 saturated heterocycles. The van der Waals surface area contributed by atoms with Crippen LogP contribution in [0.4, 0.5) is 48.3 Å². The van der Waals surface area contributed by atoms with Crippen LogP contribution in [0.15, 0.2) is 84.9 Å². The fraction of sp³-hybridized carbons (Fsp3) is 0.190. The Labute approximate surface area is 302 Å². The summed E-state index contributed by atoms with van der Waals surface area (Å²) in [6.07, 6.45) is -4.36. The molecule has 0 N–H and O–H groups in total. The molecule has 0 saturated carbocycles. The summed E-state index contributed by atoms with van der Waals surface area (Å²) in [7, 11) is 0. The lowest BCUT2D eigenvalue weighted by Crippen LogP contribution is -2.25. The lowest BCUT2D eigenvalue weighted by molar-refractivity contribution is -0.189. The number of rotatable bonds is 10. The maximum absolute atomic E-state index is 15.3. The average Bonchev–Trinajstić information content (AvgIpc) is 3.08. The molecule has 0 fully saturated rings. The zero-order chi connectivity index (χ0) is 38.9. The quantitative estimate of drug-likeness (QED) is 0.0768. The van der Waals surface area contributed by atoms with Crippen molar-refractivity contribution in [1.82, 2.24) is 0 Å². The largest absolute Gasteiger partial charge is 0.458 e. The van der Waals surface area contributed by atoms with Crippen molar-refractivity contribution in [3.63, 3.8) is 0 Å². The fourth-order valence-electron chi connectivity index (χ4n) is 6.21. The highest BCUT2D eigenvalue weighted by atomic mass is 19.4. The molecule has 0 radical (unpaired) electrons. The van der Waals surface area contributed by atoms with E-state index in [9.17, 15) is 22.0 Å². The third-order valence-corrected chi connectivity index (χ3v) is 8.80. The smallest absolute Gasteiger partial charge is 0.429 e. The van der Waals surface area contributed by atoms with Gasteiger partial charge in [0.05, 0.1) is 10.9 Å². The van der Waals surface area contributed by atoms with Crippen LogP contribution in [0, 0.1) is 46.7 Å². The molecular weight excluding hydrogens is 729 g/mol. The van der Waals surface area contributed by atoms with E-state index >= 15 is 26.3 Å². The number of alkyl halides is 5. The van der Waals surface area contributed by atoms with E-state index < -0.39 is 80.4 Å². The Kier molecular flexibility index (Phi) is 10.6. The predicted octanol–water partition coefficient (Wildman–Crippen LogP) is 13.3. The Morgan fingerprint density at radius 2 is 1.24 bits per heavy atom. The topological polar surface area (TPSA) is 9.23 Å². The van der Waals surface area contributed by atoms with Crippen molar-refractivity contribution in [2.45, 2.75) is 51.3 Å². The molecule has 54 heavy (non-hydrogen) atoms. The molecule has 0 aliphatic heterocycles. The molecule has 6 rings (SSSR count). The van der Waals surface area contributed by atoms with Gasteiger partial charge in [-0.15, -0.1) is 0 Å². The van der Waals surface area contributed by atoms with Crippen LogP contribution < -0.4 is 4.74 Å². The number of unbranched alkanes of at least 4 members (excludes halogenated alkanes) is 3. The van der Waals surface area contributed by atoms with Gasteiger partial charge in [0.1, 0.15) is 40.4 Å². The van der Waals surface area contributed by atoms with Crippen molar-refractivity contribution in [2.75, 3.05) is 0 Å². The predicted molar refractivity (Wildman–Crippen MR) is 184 cm³/mol. The summed E-state index contributed by atoms with van der Waals surface area (Å²) in [5.41, 5.74) is -2.36. The minimum Gasteiger partial charge on any atom is -0.429 e. The van der Waals surface area contributed by atoms with Gasteiger partial charge in [-0.1, -0.05) is 62.4 Å². The van der Waals surface area contributed by atoms with E-state index in [1.54, 1.807) is 18.2 Å². The Balaban J connectivity index is 1.23. The Morgan fingerprint density at radius 1 is 0.574 bits per heavy atom. The normalized spacial score (nSPS) is 11.9. The first-order chi connectivity index (χ1) is 25.5. The molecule has 0 spiro atoms. The minimum absolute atomic E-state index is 0.0154. The highest BCUT2D eigenvalue weighted by Crippen LogP contribution is 2.39. The van der Waals surface area contributed by atoms with Gasteiger partial charge in [-0.05, 0) is 99.8 Å². The summed E-state index contributed by atoms with van der Waals surface area (Å²) in [6, 6.07) is 16.5. The van der Waals surface area contributed by atoms with Gasteiger partial charge in [-0.25, -0.2) is 26.3 Å². The number of hydrogen-bond acceptors (Lipinski definition) is 1.